The zero-order valence-electron chi connectivity index (χ0n) is 21.1. The summed E-state index contributed by atoms with van der Waals surface area (Å²) in [6.07, 6.45) is 0. The first-order chi connectivity index (χ1) is 21.0. The molecule has 46 heavy (non-hydrogen) atoms. The zero-order valence-corrected chi connectivity index (χ0v) is 22.1. The molecule has 0 atom stereocenters. The first kappa shape index (κ1) is 34.6. The fourth-order valence-electron chi connectivity index (χ4n) is 5.36. The molecule has 0 unspecified atom stereocenters. The molecule has 0 saturated heterocycles. The summed E-state index contributed by atoms with van der Waals surface area (Å²) in [4.78, 5) is 0. The van der Waals surface area contributed by atoms with E-state index in [0.29, 0.717) is 0 Å². The maximum absolute atomic E-state index is 15.6. The molecule has 0 bridgehead atoms. The minimum absolute atomic E-state index is 0.923. The third-order valence-electron chi connectivity index (χ3n) is 7.34. The Labute approximate surface area is 239 Å². The van der Waals surface area contributed by atoms with Gasteiger partial charge in [-0.3, -0.25) is 0 Å². The Morgan fingerprint density at radius 1 is 0.196 bits per heavy atom. The van der Waals surface area contributed by atoms with Crippen LogP contribution in [0, 0.1) is 116 Å². The standard InChI is InChI=1S/C25H3F20Si/c1-46(22-14(38)6(30)2(26)7(31)15(22)39,23-16(40)8(32)3(27)9(33)17(23)41,24-18(42)10(34)4(28)11(35)19(24)43)25-20(44)12(36)5(29)13(37)21(25)45/h1H3/q-1. The van der Waals surface area contributed by atoms with Crippen LogP contribution in [0.5, 0.6) is 0 Å². The van der Waals surface area contributed by atoms with Crippen LogP contribution in [-0.4, -0.2) is 7.35 Å². The summed E-state index contributed by atoms with van der Waals surface area (Å²) in [7, 11) is -9.57. The van der Waals surface area contributed by atoms with Crippen LogP contribution in [0.3, 0.4) is 0 Å². The van der Waals surface area contributed by atoms with Gasteiger partial charge >= 0.3 is 239 Å². The quantitative estimate of drug-likeness (QED) is 0.0754. The Morgan fingerprint density at radius 2 is 0.283 bits per heavy atom. The molecule has 0 nitrogen and oxygen atoms in total. The molecule has 4 rings (SSSR count). The third kappa shape index (κ3) is 3.88. The minimum atomic E-state index is -9.57. The zero-order chi connectivity index (χ0) is 35.3. The van der Waals surface area contributed by atoms with Gasteiger partial charge in [0.25, 0.3) is 0 Å². The molecule has 0 N–H and O–H groups in total. The summed E-state index contributed by atoms with van der Waals surface area (Å²) in [5.41, 5.74) is 0. The fourth-order valence-corrected chi connectivity index (χ4v) is 12.1. The van der Waals surface area contributed by atoms with Crippen LogP contribution in [0.15, 0.2) is 0 Å². The average molecular weight is 711 g/mol. The van der Waals surface area contributed by atoms with E-state index in [1.165, 1.54) is 0 Å². The van der Waals surface area contributed by atoms with Gasteiger partial charge in [-0.1, -0.05) is 0 Å². The van der Waals surface area contributed by atoms with Crippen LogP contribution in [0.2, 0.25) is 6.55 Å². The second kappa shape index (κ2) is 10.6. The van der Waals surface area contributed by atoms with E-state index >= 15 is 35.1 Å². The van der Waals surface area contributed by atoms with Crippen LogP contribution in [0.25, 0.3) is 0 Å². The average Bonchev–Trinajstić information content (AvgIpc) is 3.00. The first-order valence-electron chi connectivity index (χ1n) is 11.3. The van der Waals surface area contributed by atoms with Crippen molar-refractivity contribution in [1.82, 2.24) is 0 Å². The second-order valence-electron chi connectivity index (χ2n) is 9.53. The molecule has 0 aliphatic rings. The second-order valence-corrected chi connectivity index (χ2v) is 15.0. The molecule has 21 heteroatoms. The normalized spacial score (nSPS) is 12.9. The molecular formula is C25H3F20Si-. The van der Waals surface area contributed by atoms with E-state index in [1.54, 1.807) is 0 Å². The maximum atomic E-state index is 15.6. The van der Waals surface area contributed by atoms with Crippen LogP contribution in [-0.2, 0) is 0 Å². The molecule has 0 fully saturated rings. The SMILES string of the molecule is C[Si-](c1c(F)c(F)c(F)c(F)c1F)(c1c(F)c(F)c(F)c(F)c1F)(c1c(F)c(F)c(F)c(F)c1F)c1c(F)c(F)c(F)c(F)c1F. The van der Waals surface area contributed by atoms with Gasteiger partial charge in [-0.25, -0.2) is 0 Å². The van der Waals surface area contributed by atoms with Crippen molar-refractivity contribution in [2.45, 2.75) is 6.55 Å². The van der Waals surface area contributed by atoms with Crippen molar-refractivity contribution >= 4 is 28.1 Å². The molecule has 0 radical (unpaired) electrons. The summed E-state index contributed by atoms with van der Waals surface area (Å²) < 4.78 is 298. The molecule has 0 aliphatic carbocycles. The fraction of sp³-hybridized carbons (Fsp3) is 0.0400. The summed E-state index contributed by atoms with van der Waals surface area (Å²) in [5, 5.41) is -14.0. The van der Waals surface area contributed by atoms with E-state index in [0.717, 1.165) is 0 Å². The van der Waals surface area contributed by atoms with Crippen molar-refractivity contribution < 1.29 is 87.8 Å². The Bertz CT molecular complexity index is 1630. The molecule has 0 saturated carbocycles. The third-order valence-corrected chi connectivity index (χ3v) is 14.1. The van der Waals surface area contributed by atoms with Crippen molar-refractivity contribution in [1.29, 1.82) is 0 Å². The van der Waals surface area contributed by atoms with Crippen LogP contribution < -0.4 is 20.7 Å². The van der Waals surface area contributed by atoms with E-state index in [9.17, 15) is 52.7 Å². The summed E-state index contributed by atoms with van der Waals surface area (Å²) >= 11 is 0. The summed E-state index contributed by atoms with van der Waals surface area (Å²) in [5.74, 6) is -71.0. The molecule has 248 valence electrons. The predicted molar refractivity (Wildman–Crippen MR) is 115 cm³/mol. The van der Waals surface area contributed by atoms with Crippen molar-refractivity contribution in [3.63, 3.8) is 0 Å². The molecule has 0 aromatic heterocycles. The molecule has 0 aliphatic heterocycles. The monoisotopic (exact) mass is 711 g/mol. The molecule has 4 aromatic carbocycles. The number of rotatable bonds is 4. The van der Waals surface area contributed by atoms with Gasteiger partial charge in [0.2, 0.25) is 0 Å². The van der Waals surface area contributed by atoms with Crippen molar-refractivity contribution in [2.24, 2.45) is 0 Å². The van der Waals surface area contributed by atoms with E-state index in [1.807, 2.05) is 0 Å². The van der Waals surface area contributed by atoms with Gasteiger partial charge in [0.05, 0.1) is 0 Å². The Balaban J connectivity index is 2.78. The van der Waals surface area contributed by atoms with Gasteiger partial charge in [0.15, 0.2) is 0 Å². The molecule has 0 heterocycles. The Morgan fingerprint density at radius 3 is 0.391 bits per heavy atom. The van der Waals surface area contributed by atoms with E-state index in [2.05, 4.69) is 0 Å². The van der Waals surface area contributed by atoms with Crippen LogP contribution in [0.1, 0.15) is 0 Å². The van der Waals surface area contributed by atoms with Crippen molar-refractivity contribution in [2.75, 3.05) is 0 Å². The molecule has 0 amide bonds. The molecule has 0 spiro atoms. The summed E-state index contributed by atoms with van der Waals surface area (Å²) in [6.45, 7) is -0.923. The number of hydrogen-bond acceptors (Lipinski definition) is 0. The van der Waals surface area contributed by atoms with E-state index in [4.69, 9.17) is 0 Å². The van der Waals surface area contributed by atoms with Crippen molar-refractivity contribution in [3.05, 3.63) is 116 Å². The predicted octanol–water partition coefficient (Wildman–Crippen LogP) is 6.43. The Kier molecular flexibility index (Phi) is 7.98. The van der Waals surface area contributed by atoms with Crippen LogP contribution >= 0.6 is 0 Å². The van der Waals surface area contributed by atoms with Crippen molar-refractivity contribution in [3.8, 4) is 0 Å². The first-order valence-corrected chi connectivity index (χ1v) is 14.3. The number of hydrogen-bond donors (Lipinski definition) is 0. The van der Waals surface area contributed by atoms with Gasteiger partial charge in [-0.15, -0.1) is 0 Å². The molecule has 4 aromatic rings. The van der Waals surface area contributed by atoms with Crippen LogP contribution in [0.4, 0.5) is 87.8 Å². The Hall–Kier alpha value is -4.30. The topological polar surface area (TPSA) is 0 Å². The summed E-state index contributed by atoms with van der Waals surface area (Å²) in [6, 6.07) is 0. The van der Waals surface area contributed by atoms with Gasteiger partial charge in [-0.2, -0.15) is 0 Å². The van der Waals surface area contributed by atoms with Gasteiger partial charge < -0.3 is 0 Å². The number of halogens is 20. The molecular weight excluding hydrogens is 708 g/mol. The van der Waals surface area contributed by atoms with E-state index in [-0.39, 0.29) is 0 Å². The van der Waals surface area contributed by atoms with Gasteiger partial charge in [0, 0.05) is 0 Å². The number of benzene rings is 4. The van der Waals surface area contributed by atoms with Gasteiger partial charge in [0.1, 0.15) is 0 Å². The van der Waals surface area contributed by atoms with Gasteiger partial charge in [-0.05, 0) is 0 Å². The van der Waals surface area contributed by atoms with E-state index < -0.39 is 151 Å².